The van der Waals surface area contributed by atoms with E-state index in [1.54, 1.807) is 30.3 Å². The molecule has 2 atom stereocenters. The molecule has 6 nitrogen and oxygen atoms in total. The Morgan fingerprint density at radius 1 is 1.16 bits per heavy atom. The number of hydrogen-bond acceptors (Lipinski definition) is 4. The Morgan fingerprint density at radius 3 is 2.59 bits per heavy atom. The van der Waals surface area contributed by atoms with Crippen molar-refractivity contribution in [2.45, 2.75) is 59.2 Å². The van der Waals surface area contributed by atoms with Crippen LogP contribution in [0.25, 0.3) is 0 Å². The third-order valence-electron chi connectivity index (χ3n) is 6.69. The van der Waals surface area contributed by atoms with Gasteiger partial charge < -0.3 is 19.0 Å². The van der Waals surface area contributed by atoms with Crippen molar-refractivity contribution < 1.29 is 23.1 Å². The summed E-state index contributed by atoms with van der Waals surface area (Å²) in [4.78, 5) is 30.0. The molecular formula is C30H35FN2O4. The number of hydrogen-bond donors (Lipinski definition) is 0. The molecule has 2 aromatic carbocycles. The molecule has 0 aliphatic carbocycles. The van der Waals surface area contributed by atoms with Gasteiger partial charge in [-0.1, -0.05) is 45.9 Å². The molecule has 0 radical (unpaired) electrons. The summed E-state index contributed by atoms with van der Waals surface area (Å²) in [6, 6.07) is 15.3. The highest BCUT2D eigenvalue weighted by Crippen LogP contribution is 2.39. The van der Waals surface area contributed by atoms with Gasteiger partial charge in [-0.05, 0) is 65.9 Å². The molecule has 196 valence electrons. The van der Waals surface area contributed by atoms with Crippen molar-refractivity contribution in [2.75, 3.05) is 13.6 Å². The minimum Gasteiger partial charge on any atom is -0.481 e. The quantitative estimate of drug-likeness (QED) is 0.409. The first-order valence-electron chi connectivity index (χ1n) is 12.7. The van der Waals surface area contributed by atoms with Crippen molar-refractivity contribution >= 4 is 11.8 Å². The van der Waals surface area contributed by atoms with Gasteiger partial charge in [0.2, 0.25) is 5.91 Å². The number of nitrogens with zero attached hydrogens (tertiary/aromatic N) is 2. The van der Waals surface area contributed by atoms with E-state index in [1.165, 1.54) is 12.1 Å². The Labute approximate surface area is 218 Å². The smallest absolute Gasteiger partial charge is 0.263 e. The van der Waals surface area contributed by atoms with Gasteiger partial charge in [0.15, 0.2) is 6.10 Å². The van der Waals surface area contributed by atoms with Gasteiger partial charge in [0.25, 0.3) is 5.91 Å². The van der Waals surface area contributed by atoms with Crippen molar-refractivity contribution in [3.05, 3.63) is 89.1 Å². The summed E-state index contributed by atoms with van der Waals surface area (Å²) in [5.74, 6) is 0.733. The Balaban J connectivity index is 1.65. The van der Waals surface area contributed by atoms with Gasteiger partial charge in [0.05, 0.1) is 18.8 Å². The van der Waals surface area contributed by atoms with E-state index < -0.39 is 17.6 Å². The van der Waals surface area contributed by atoms with E-state index in [-0.39, 0.29) is 17.6 Å². The number of halogens is 1. The summed E-state index contributed by atoms with van der Waals surface area (Å²) in [5, 5.41) is 0. The zero-order valence-electron chi connectivity index (χ0n) is 22.2. The maximum atomic E-state index is 14.3. The van der Waals surface area contributed by atoms with Crippen LogP contribution in [0.2, 0.25) is 0 Å². The van der Waals surface area contributed by atoms with Gasteiger partial charge in [-0.25, -0.2) is 4.39 Å². The van der Waals surface area contributed by atoms with Crippen LogP contribution < -0.4 is 4.74 Å². The van der Waals surface area contributed by atoms with Crippen LogP contribution in [0.1, 0.15) is 62.6 Å². The van der Waals surface area contributed by atoms with Crippen LogP contribution in [0.3, 0.4) is 0 Å². The van der Waals surface area contributed by atoms with E-state index in [0.717, 1.165) is 11.1 Å². The third kappa shape index (κ3) is 5.87. The summed E-state index contributed by atoms with van der Waals surface area (Å²) in [6.45, 7) is 8.47. The second kappa shape index (κ2) is 10.8. The van der Waals surface area contributed by atoms with E-state index in [1.807, 2.05) is 62.9 Å². The average molecular weight is 507 g/mol. The summed E-state index contributed by atoms with van der Waals surface area (Å²) in [7, 11) is 1.72. The predicted octanol–water partition coefficient (Wildman–Crippen LogP) is 5.75. The van der Waals surface area contributed by atoms with Gasteiger partial charge in [-0.15, -0.1) is 0 Å². The molecule has 1 aliphatic heterocycles. The Morgan fingerprint density at radius 2 is 1.95 bits per heavy atom. The first kappa shape index (κ1) is 26.5. The van der Waals surface area contributed by atoms with Crippen LogP contribution >= 0.6 is 0 Å². The lowest BCUT2D eigenvalue weighted by Gasteiger charge is -2.41. The van der Waals surface area contributed by atoms with E-state index in [4.69, 9.17) is 9.15 Å². The number of ether oxygens (including phenoxy) is 1. The molecule has 0 saturated heterocycles. The number of furan rings is 1. The van der Waals surface area contributed by atoms with Crippen LogP contribution in [0, 0.1) is 11.2 Å². The molecule has 0 unspecified atom stereocenters. The van der Waals surface area contributed by atoms with Crippen molar-refractivity contribution in [3.8, 4) is 5.75 Å². The Kier molecular flexibility index (Phi) is 7.71. The topological polar surface area (TPSA) is 63.0 Å². The highest BCUT2D eigenvalue weighted by molar-refractivity contribution is 5.83. The van der Waals surface area contributed by atoms with Gasteiger partial charge in [-0.3, -0.25) is 9.59 Å². The Bertz CT molecular complexity index is 1250. The van der Waals surface area contributed by atoms with E-state index in [2.05, 4.69) is 0 Å². The average Bonchev–Trinajstić information content (AvgIpc) is 3.38. The normalized spacial score (nSPS) is 16.2. The van der Waals surface area contributed by atoms with Crippen molar-refractivity contribution in [2.24, 2.45) is 5.41 Å². The van der Waals surface area contributed by atoms with Crippen LogP contribution in [0.5, 0.6) is 5.75 Å². The number of carbonyl (C=O) groups is 2. The molecule has 1 aromatic heterocycles. The van der Waals surface area contributed by atoms with E-state index >= 15 is 0 Å². The van der Waals surface area contributed by atoms with Crippen molar-refractivity contribution in [1.82, 2.24) is 9.80 Å². The second-order valence-electron chi connectivity index (χ2n) is 10.6. The lowest BCUT2D eigenvalue weighted by atomic mass is 9.85. The molecule has 2 heterocycles. The van der Waals surface area contributed by atoms with Crippen LogP contribution in [-0.2, 0) is 22.6 Å². The number of likely N-dealkylation sites (N-methyl/N-ethyl adjacent to an activating group) is 1. The summed E-state index contributed by atoms with van der Waals surface area (Å²) < 4.78 is 25.9. The highest BCUT2D eigenvalue weighted by atomic mass is 19.1. The highest BCUT2D eigenvalue weighted by Gasteiger charge is 2.37. The fraction of sp³-hybridized carbons (Fsp3) is 0.400. The van der Waals surface area contributed by atoms with Crippen molar-refractivity contribution in [3.63, 3.8) is 0 Å². The molecule has 0 fully saturated rings. The fourth-order valence-electron chi connectivity index (χ4n) is 4.78. The summed E-state index contributed by atoms with van der Waals surface area (Å²) in [6.07, 6.45) is 2.07. The van der Waals surface area contributed by atoms with Crippen LogP contribution in [0.4, 0.5) is 4.39 Å². The number of carbonyl (C=O) groups excluding carboxylic acids is 2. The summed E-state index contributed by atoms with van der Waals surface area (Å²) >= 11 is 0. The predicted molar refractivity (Wildman–Crippen MR) is 139 cm³/mol. The minimum absolute atomic E-state index is 0.0000962. The molecule has 0 N–H and O–H groups in total. The summed E-state index contributed by atoms with van der Waals surface area (Å²) in [5.41, 5.74) is 2.08. The van der Waals surface area contributed by atoms with Gasteiger partial charge in [0.1, 0.15) is 17.3 Å². The number of fused-ring (bicyclic) bond motifs is 1. The fourth-order valence-corrected chi connectivity index (χ4v) is 4.78. The molecule has 3 aromatic rings. The molecule has 4 rings (SSSR count). The van der Waals surface area contributed by atoms with Crippen LogP contribution in [-0.4, -0.2) is 41.3 Å². The second-order valence-corrected chi connectivity index (χ2v) is 10.6. The van der Waals surface area contributed by atoms with Crippen LogP contribution in [0.15, 0.2) is 65.3 Å². The maximum absolute atomic E-state index is 14.3. The molecule has 0 bridgehead atoms. The maximum Gasteiger partial charge on any atom is 0.263 e. The standard InChI is InChI=1S/C30H35FN2O4/c1-6-26(28(34)32(5)19-24-11-8-16-36-24)37-23-13-12-20-14-15-33(29(35)30(2,3)4)27(25(20)18-23)21-9-7-10-22(31)17-21/h7-13,16-18,26-27H,6,14-15,19H2,1-5H3/t26-,27-/m0/s1. The SMILES string of the molecule is CC[C@H](Oc1ccc2c(c1)[C@H](c1cccc(F)c1)N(C(=O)C(C)(C)C)CC2)C(=O)N(C)Cc1ccco1. The number of amides is 2. The molecule has 0 spiro atoms. The van der Waals surface area contributed by atoms with Gasteiger partial charge >= 0.3 is 0 Å². The number of rotatable bonds is 7. The zero-order chi connectivity index (χ0) is 26.7. The first-order valence-corrected chi connectivity index (χ1v) is 12.7. The monoisotopic (exact) mass is 506 g/mol. The van der Waals surface area contributed by atoms with Gasteiger partial charge in [0, 0.05) is 19.0 Å². The number of benzene rings is 2. The molecule has 0 saturated carbocycles. The lowest BCUT2D eigenvalue weighted by molar-refractivity contribution is -0.141. The molecule has 37 heavy (non-hydrogen) atoms. The largest absolute Gasteiger partial charge is 0.481 e. The minimum atomic E-state index is -0.679. The van der Waals surface area contributed by atoms with E-state index in [0.29, 0.717) is 43.0 Å². The third-order valence-corrected chi connectivity index (χ3v) is 6.69. The Hall–Kier alpha value is -3.61. The van der Waals surface area contributed by atoms with Crippen molar-refractivity contribution in [1.29, 1.82) is 0 Å². The molecular weight excluding hydrogens is 471 g/mol. The first-order chi connectivity index (χ1) is 17.6. The lowest BCUT2D eigenvalue weighted by Crippen LogP contribution is -2.45. The molecule has 7 heteroatoms. The molecule has 1 aliphatic rings. The van der Waals surface area contributed by atoms with E-state index in [9.17, 15) is 14.0 Å². The molecule has 2 amide bonds. The van der Waals surface area contributed by atoms with Gasteiger partial charge in [-0.2, -0.15) is 0 Å². The zero-order valence-corrected chi connectivity index (χ0v) is 22.2.